The van der Waals surface area contributed by atoms with E-state index >= 15 is 0 Å². The van der Waals surface area contributed by atoms with Crippen molar-refractivity contribution in [2.75, 3.05) is 0 Å². The van der Waals surface area contributed by atoms with E-state index in [0.29, 0.717) is 10.8 Å². The first-order valence-electron chi connectivity index (χ1n) is 15.6. The van der Waals surface area contributed by atoms with Gasteiger partial charge in [-0.15, -0.1) is 0 Å². The molecule has 0 aromatic carbocycles. The van der Waals surface area contributed by atoms with Gasteiger partial charge in [-0.25, -0.2) is 0 Å². The van der Waals surface area contributed by atoms with Crippen molar-refractivity contribution in [2.45, 2.75) is 182 Å². The minimum atomic E-state index is 0.552. The number of unbranched alkanes of at least 4 members (excludes halogenated alkanes) is 4. The van der Waals surface area contributed by atoms with Crippen LogP contribution in [-0.4, -0.2) is 12.1 Å². The van der Waals surface area contributed by atoms with Crippen LogP contribution in [0.25, 0.3) is 0 Å². The van der Waals surface area contributed by atoms with Gasteiger partial charge >= 0.3 is 0 Å². The number of hydrogen-bond donors (Lipinski definition) is 1. The summed E-state index contributed by atoms with van der Waals surface area (Å²) < 4.78 is 0. The van der Waals surface area contributed by atoms with Crippen molar-refractivity contribution in [3.8, 4) is 0 Å². The third-order valence-electron chi connectivity index (χ3n) is 9.40. The summed E-state index contributed by atoms with van der Waals surface area (Å²) in [5, 5.41) is 4.60. The second-order valence-corrected chi connectivity index (χ2v) is 13.3. The molecule has 2 atom stereocenters. The lowest BCUT2D eigenvalue weighted by molar-refractivity contribution is 0.0311. The fraction of sp³-hybridized carbons (Fsp3) is 1.00. The summed E-state index contributed by atoms with van der Waals surface area (Å²) in [6, 6.07) is 1.48. The SMILES string of the molecule is CCCCCC(NC(CCCCC)C1(CC(C)C)CCCCC1)C1(CC(C)C)CCCCC1. The van der Waals surface area contributed by atoms with Gasteiger partial charge in [0.1, 0.15) is 0 Å². The van der Waals surface area contributed by atoms with E-state index in [0.717, 1.165) is 23.9 Å². The van der Waals surface area contributed by atoms with E-state index in [-0.39, 0.29) is 0 Å². The van der Waals surface area contributed by atoms with Crippen LogP contribution in [0, 0.1) is 22.7 Å². The molecular formula is C32H63N. The molecule has 0 bridgehead atoms. The molecule has 196 valence electrons. The first kappa shape index (κ1) is 29.2. The Kier molecular flexibility index (Phi) is 13.4. The van der Waals surface area contributed by atoms with Crippen LogP contribution >= 0.6 is 0 Å². The normalized spacial score (nSPS) is 22.5. The van der Waals surface area contributed by atoms with Crippen molar-refractivity contribution in [1.82, 2.24) is 5.32 Å². The number of nitrogens with one attached hydrogen (secondary N) is 1. The molecule has 1 nitrogen and oxygen atoms in total. The minimum Gasteiger partial charge on any atom is -0.310 e. The zero-order valence-electron chi connectivity index (χ0n) is 24.0. The first-order valence-corrected chi connectivity index (χ1v) is 15.6. The Bertz CT molecular complexity index is 437. The average Bonchev–Trinajstić information content (AvgIpc) is 2.78. The van der Waals surface area contributed by atoms with Crippen molar-refractivity contribution >= 4 is 0 Å². The van der Waals surface area contributed by atoms with E-state index in [1.807, 2.05) is 0 Å². The van der Waals surface area contributed by atoms with Gasteiger partial charge in [-0.1, -0.05) is 119 Å². The third kappa shape index (κ3) is 9.16. The van der Waals surface area contributed by atoms with E-state index in [2.05, 4.69) is 46.9 Å². The fourth-order valence-electron chi connectivity index (χ4n) is 8.10. The fourth-order valence-corrected chi connectivity index (χ4v) is 8.10. The molecular weight excluding hydrogens is 398 g/mol. The van der Waals surface area contributed by atoms with Crippen molar-refractivity contribution < 1.29 is 0 Å². The van der Waals surface area contributed by atoms with E-state index in [1.54, 1.807) is 0 Å². The summed E-state index contributed by atoms with van der Waals surface area (Å²) in [5.41, 5.74) is 1.10. The number of rotatable bonds is 16. The Balaban J connectivity index is 2.35. The summed E-state index contributed by atoms with van der Waals surface area (Å²) >= 11 is 0. The molecule has 2 aliphatic rings. The maximum atomic E-state index is 4.60. The Morgan fingerprint density at radius 1 is 0.545 bits per heavy atom. The lowest BCUT2D eigenvalue weighted by Crippen LogP contribution is -2.56. The molecule has 0 spiro atoms. The lowest BCUT2D eigenvalue weighted by atomic mass is 9.61. The summed E-state index contributed by atoms with van der Waals surface area (Å²) in [6.45, 7) is 14.7. The smallest absolute Gasteiger partial charge is 0.0126 e. The molecule has 33 heavy (non-hydrogen) atoms. The first-order chi connectivity index (χ1) is 15.9. The van der Waals surface area contributed by atoms with Crippen molar-refractivity contribution in [2.24, 2.45) is 22.7 Å². The predicted molar refractivity (Wildman–Crippen MR) is 149 cm³/mol. The van der Waals surface area contributed by atoms with Crippen LogP contribution in [0.3, 0.4) is 0 Å². The average molecular weight is 462 g/mol. The molecule has 1 N–H and O–H groups in total. The van der Waals surface area contributed by atoms with Gasteiger partial charge in [-0.2, -0.15) is 0 Å². The van der Waals surface area contributed by atoms with Crippen molar-refractivity contribution in [3.63, 3.8) is 0 Å². The molecule has 0 saturated heterocycles. The molecule has 0 amide bonds. The predicted octanol–water partition coefficient (Wildman–Crippen LogP) is 10.5. The quantitative estimate of drug-likeness (QED) is 0.225. The summed E-state index contributed by atoms with van der Waals surface area (Å²) in [5.74, 6) is 1.63. The van der Waals surface area contributed by atoms with Gasteiger partial charge in [0.25, 0.3) is 0 Å². The van der Waals surface area contributed by atoms with Crippen LogP contribution < -0.4 is 5.32 Å². The Labute approximate surface area is 210 Å². The molecule has 0 aliphatic heterocycles. The summed E-state index contributed by atoms with van der Waals surface area (Å²) in [4.78, 5) is 0. The highest BCUT2D eigenvalue weighted by Gasteiger charge is 2.45. The van der Waals surface area contributed by atoms with Crippen LogP contribution in [-0.2, 0) is 0 Å². The third-order valence-corrected chi connectivity index (χ3v) is 9.40. The van der Waals surface area contributed by atoms with E-state index in [4.69, 9.17) is 0 Å². The number of hydrogen-bond acceptors (Lipinski definition) is 1. The minimum absolute atomic E-state index is 0.552. The zero-order chi connectivity index (χ0) is 24.2. The topological polar surface area (TPSA) is 12.0 Å². The van der Waals surface area contributed by atoms with E-state index in [9.17, 15) is 0 Å². The second kappa shape index (κ2) is 15.2. The van der Waals surface area contributed by atoms with Gasteiger partial charge in [0.2, 0.25) is 0 Å². The van der Waals surface area contributed by atoms with Gasteiger partial charge in [0.05, 0.1) is 0 Å². The molecule has 1 heteroatoms. The van der Waals surface area contributed by atoms with Gasteiger partial charge in [-0.3, -0.25) is 0 Å². The summed E-state index contributed by atoms with van der Waals surface area (Å²) in [7, 11) is 0. The lowest BCUT2D eigenvalue weighted by Gasteiger charge is -2.52. The van der Waals surface area contributed by atoms with Crippen LogP contribution in [0.2, 0.25) is 0 Å². The van der Waals surface area contributed by atoms with Crippen LogP contribution in [0.1, 0.15) is 170 Å². The zero-order valence-corrected chi connectivity index (χ0v) is 24.0. The van der Waals surface area contributed by atoms with Crippen LogP contribution in [0.5, 0.6) is 0 Å². The van der Waals surface area contributed by atoms with Gasteiger partial charge in [0, 0.05) is 12.1 Å². The highest BCUT2D eigenvalue weighted by molar-refractivity contribution is 5.00. The molecule has 2 saturated carbocycles. The van der Waals surface area contributed by atoms with Gasteiger partial charge in [-0.05, 0) is 74.0 Å². The molecule has 2 rings (SSSR count). The van der Waals surface area contributed by atoms with E-state index in [1.165, 1.54) is 128 Å². The molecule has 2 unspecified atom stereocenters. The van der Waals surface area contributed by atoms with Crippen molar-refractivity contribution in [3.05, 3.63) is 0 Å². The molecule has 0 aromatic rings. The molecule has 0 heterocycles. The maximum Gasteiger partial charge on any atom is 0.0126 e. The molecule has 0 aromatic heterocycles. The van der Waals surface area contributed by atoms with Crippen molar-refractivity contribution in [1.29, 1.82) is 0 Å². The summed E-state index contributed by atoms with van der Waals surface area (Å²) in [6.07, 6.45) is 28.8. The molecule has 0 radical (unpaired) electrons. The Morgan fingerprint density at radius 2 is 0.909 bits per heavy atom. The highest BCUT2D eigenvalue weighted by atomic mass is 15.0. The highest BCUT2D eigenvalue weighted by Crippen LogP contribution is 2.49. The van der Waals surface area contributed by atoms with Crippen LogP contribution in [0.15, 0.2) is 0 Å². The second-order valence-electron chi connectivity index (χ2n) is 13.3. The Morgan fingerprint density at radius 3 is 1.21 bits per heavy atom. The van der Waals surface area contributed by atoms with E-state index < -0.39 is 0 Å². The van der Waals surface area contributed by atoms with Gasteiger partial charge < -0.3 is 5.32 Å². The largest absolute Gasteiger partial charge is 0.310 e. The monoisotopic (exact) mass is 461 g/mol. The molecule has 2 fully saturated rings. The van der Waals surface area contributed by atoms with Gasteiger partial charge in [0.15, 0.2) is 0 Å². The molecule has 2 aliphatic carbocycles. The standard InChI is InChI=1S/C32H63N/c1-7-9-13-19-29(31(25-27(3)4)21-15-11-16-22-31)33-30(20-14-10-8-2)32(26-28(5)6)23-17-12-18-24-32/h27-30,33H,7-26H2,1-6H3. The maximum absolute atomic E-state index is 4.60. The van der Waals surface area contributed by atoms with Crippen LogP contribution in [0.4, 0.5) is 0 Å². The Hall–Kier alpha value is -0.0400.